The number of nitrogens with zero attached hydrogens (tertiary/aromatic N) is 6. The van der Waals surface area contributed by atoms with Gasteiger partial charge in [0.2, 0.25) is 5.91 Å². The molecule has 0 bridgehead atoms. The fourth-order valence-corrected chi connectivity index (χ4v) is 6.57. The van der Waals surface area contributed by atoms with Crippen LogP contribution in [0.25, 0.3) is 17.2 Å². The van der Waals surface area contributed by atoms with Gasteiger partial charge >= 0.3 is 0 Å². The minimum atomic E-state index is -0.616. The van der Waals surface area contributed by atoms with Crippen LogP contribution in [0.15, 0.2) is 60.8 Å². The fraction of sp³-hybridized carbons (Fsp3) is 0.412. The van der Waals surface area contributed by atoms with Gasteiger partial charge in [0.25, 0.3) is 0 Å². The molecule has 0 unspecified atom stereocenters. The summed E-state index contributed by atoms with van der Waals surface area (Å²) in [5, 5.41) is 5.54. The zero-order valence-corrected chi connectivity index (χ0v) is 26.2. The molecule has 2 fully saturated rings. The van der Waals surface area contributed by atoms with Crippen molar-refractivity contribution in [2.45, 2.75) is 57.9 Å². The van der Waals surface area contributed by atoms with Crippen LogP contribution in [0.3, 0.4) is 0 Å². The number of hydrogen-bond acceptors (Lipinski definition) is 5. The van der Waals surface area contributed by atoms with Crippen LogP contribution in [0.1, 0.15) is 62.4 Å². The number of amides is 1. The van der Waals surface area contributed by atoms with Gasteiger partial charge in [0.15, 0.2) is 5.82 Å². The number of benzene rings is 2. The zero-order chi connectivity index (χ0) is 31.2. The van der Waals surface area contributed by atoms with Crippen molar-refractivity contribution in [1.29, 1.82) is 0 Å². The molecule has 4 heterocycles. The van der Waals surface area contributed by atoms with Crippen LogP contribution < -0.4 is 0 Å². The minimum absolute atomic E-state index is 0.0212. The Morgan fingerprint density at radius 1 is 1.00 bits per heavy atom. The molecule has 2 atom stereocenters. The summed E-state index contributed by atoms with van der Waals surface area (Å²) in [5.74, 6) is -0.514. The third-order valence-electron chi connectivity index (χ3n) is 9.03. The molecule has 10 heteroatoms. The Morgan fingerprint density at radius 2 is 1.77 bits per heavy atom. The van der Waals surface area contributed by atoms with Gasteiger partial charge in [-0.05, 0) is 88.1 Å². The van der Waals surface area contributed by atoms with E-state index in [1.54, 1.807) is 6.20 Å². The molecule has 2 aliphatic rings. The Balaban J connectivity index is 1.25. The van der Waals surface area contributed by atoms with Crippen LogP contribution >= 0.6 is 11.6 Å². The number of likely N-dealkylation sites (tertiary alicyclic amines) is 2. The molecule has 230 valence electrons. The summed E-state index contributed by atoms with van der Waals surface area (Å²) in [6.45, 7) is 10.4. The van der Waals surface area contributed by atoms with Crippen molar-refractivity contribution in [2.75, 3.05) is 26.2 Å². The van der Waals surface area contributed by atoms with E-state index in [9.17, 15) is 13.6 Å². The average molecular weight is 619 g/mol. The second-order valence-electron chi connectivity index (χ2n) is 12.9. The van der Waals surface area contributed by atoms with E-state index in [1.165, 1.54) is 12.1 Å². The summed E-state index contributed by atoms with van der Waals surface area (Å²) in [5.41, 5.74) is 2.71. The van der Waals surface area contributed by atoms with Crippen LogP contribution in [-0.4, -0.2) is 67.2 Å². The Labute approximate surface area is 261 Å². The lowest BCUT2D eigenvalue weighted by atomic mass is 9.86. The summed E-state index contributed by atoms with van der Waals surface area (Å²) >= 11 is 6.32. The van der Waals surface area contributed by atoms with Crippen LogP contribution in [0.4, 0.5) is 8.78 Å². The molecular weight excluding hydrogens is 582 g/mol. The highest BCUT2D eigenvalue weighted by Gasteiger charge is 2.45. The van der Waals surface area contributed by atoms with E-state index in [1.807, 2.05) is 52.9 Å². The van der Waals surface area contributed by atoms with Gasteiger partial charge in [-0.15, -0.1) is 5.10 Å². The molecule has 1 amide bonds. The van der Waals surface area contributed by atoms with E-state index in [-0.39, 0.29) is 23.3 Å². The molecule has 7 nitrogen and oxygen atoms in total. The maximum Gasteiger partial charge on any atom is 0.227 e. The second kappa shape index (κ2) is 12.0. The molecule has 0 spiro atoms. The van der Waals surface area contributed by atoms with E-state index in [2.05, 4.69) is 30.7 Å². The number of piperidine rings is 1. The first kappa shape index (κ1) is 30.3. The van der Waals surface area contributed by atoms with Gasteiger partial charge in [-0.25, -0.2) is 18.4 Å². The molecule has 0 radical (unpaired) electrons. The SMILES string of the molecule is Cc1cc(-n2nc(-c3ccccn3)nc2C2CCN(C(=O)[C@@H]3CN(C(C)(C)C)C[C@H]3c3ccc(F)cc3F)CC2)ccc1Cl. The van der Waals surface area contributed by atoms with Crippen molar-refractivity contribution in [3.05, 3.63) is 94.4 Å². The van der Waals surface area contributed by atoms with Crippen molar-refractivity contribution in [3.8, 4) is 17.2 Å². The summed E-state index contributed by atoms with van der Waals surface area (Å²) in [6.07, 6.45) is 3.15. The highest BCUT2D eigenvalue weighted by Crippen LogP contribution is 2.40. The summed E-state index contributed by atoms with van der Waals surface area (Å²) < 4.78 is 30.6. The molecule has 44 heavy (non-hydrogen) atoms. The van der Waals surface area contributed by atoms with Gasteiger partial charge in [0, 0.05) is 60.8 Å². The smallest absolute Gasteiger partial charge is 0.227 e. The van der Waals surface area contributed by atoms with Crippen LogP contribution in [0.2, 0.25) is 5.02 Å². The average Bonchev–Trinajstić information content (AvgIpc) is 3.65. The molecule has 0 N–H and O–H groups in total. The first-order valence-corrected chi connectivity index (χ1v) is 15.5. The first-order valence-electron chi connectivity index (χ1n) is 15.1. The van der Waals surface area contributed by atoms with Crippen molar-refractivity contribution in [1.82, 2.24) is 29.5 Å². The highest BCUT2D eigenvalue weighted by molar-refractivity contribution is 6.31. The number of rotatable bonds is 5. The Bertz CT molecular complexity index is 1660. The predicted molar refractivity (Wildman–Crippen MR) is 167 cm³/mol. The van der Waals surface area contributed by atoms with E-state index < -0.39 is 17.6 Å². The lowest BCUT2D eigenvalue weighted by Gasteiger charge is -2.35. The quantitative estimate of drug-likeness (QED) is 0.246. The van der Waals surface area contributed by atoms with Crippen molar-refractivity contribution >= 4 is 17.5 Å². The maximum absolute atomic E-state index is 15.0. The predicted octanol–water partition coefficient (Wildman–Crippen LogP) is 6.79. The molecule has 2 aliphatic heterocycles. The number of aromatic nitrogens is 4. The Hall–Kier alpha value is -3.69. The van der Waals surface area contributed by atoms with Crippen LogP contribution in [0, 0.1) is 24.5 Å². The van der Waals surface area contributed by atoms with Gasteiger partial charge in [-0.2, -0.15) is 0 Å². The Kier molecular flexibility index (Phi) is 8.28. The van der Waals surface area contributed by atoms with Crippen molar-refractivity contribution in [2.24, 2.45) is 5.92 Å². The van der Waals surface area contributed by atoms with E-state index in [4.69, 9.17) is 21.7 Å². The number of hydrogen-bond donors (Lipinski definition) is 0. The van der Waals surface area contributed by atoms with Gasteiger partial charge in [0.05, 0.1) is 11.6 Å². The maximum atomic E-state index is 15.0. The minimum Gasteiger partial charge on any atom is -0.342 e. The van der Waals surface area contributed by atoms with Gasteiger partial charge in [0.1, 0.15) is 23.2 Å². The molecule has 2 aromatic heterocycles. The molecule has 0 aliphatic carbocycles. The number of halogens is 3. The van der Waals surface area contributed by atoms with Crippen LogP contribution in [-0.2, 0) is 4.79 Å². The topological polar surface area (TPSA) is 67.2 Å². The third-order valence-corrected chi connectivity index (χ3v) is 9.46. The first-order chi connectivity index (χ1) is 21.0. The number of aryl methyl sites for hydroxylation is 1. The monoisotopic (exact) mass is 618 g/mol. The number of carbonyl (C=O) groups excluding carboxylic acids is 1. The molecule has 4 aromatic rings. The van der Waals surface area contributed by atoms with Crippen molar-refractivity contribution in [3.63, 3.8) is 0 Å². The van der Waals surface area contributed by atoms with E-state index in [0.29, 0.717) is 61.1 Å². The van der Waals surface area contributed by atoms with Crippen LogP contribution in [0.5, 0.6) is 0 Å². The molecular formula is C34H37ClF2N6O. The summed E-state index contributed by atoms with van der Waals surface area (Å²) in [7, 11) is 0. The summed E-state index contributed by atoms with van der Waals surface area (Å²) in [6, 6.07) is 15.1. The third kappa shape index (κ3) is 6.00. The summed E-state index contributed by atoms with van der Waals surface area (Å²) in [4.78, 5) is 27.6. The highest BCUT2D eigenvalue weighted by atomic mass is 35.5. The fourth-order valence-electron chi connectivity index (χ4n) is 6.45. The van der Waals surface area contributed by atoms with Gasteiger partial charge in [-0.1, -0.05) is 23.7 Å². The largest absolute Gasteiger partial charge is 0.342 e. The van der Waals surface area contributed by atoms with Crippen molar-refractivity contribution < 1.29 is 13.6 Å². The molecule has 0 saturated carbocycles. The number of pyridine rings is 1. The lowest BCUT2D eigenvalue weighted by molar-refractivity contribution is -0.136. The Morgan fingerprint density at radius 3 is 2.43 bits per heavy atom. The molecule has 2 aromatic carbocycles. The zero-order valence-electron chi connectivity index (χ0n) is 25.5. The van der Waals surface area contributed by atoms with Gasteiger partial charge < -0.3 is 4.90 Å². The molecule has 2 saturated heterocycles. The lowest BCUT2D eigenvalue weighted by Crippen LogP contribution is -2.44. The van der Waals surface area contributed by atoms with E-state index >= 15 is 0 Å². The van der Waals surface area contributed by atoms with Gasteiger partial charge in [-0.3, -0.25) is 14.7 Å². The normalized spacial score (nSPS) is 19.9. The molecule has 6 rings (SSSR count). The van der Waals surface area contributed by atoms with E-state index in [0.717, 1.165) is 23.1 Å². The number of carbonyl (C=O) groups is 1. The second-order valence-corrected chi connectivity index (χ2v) is 13.3. The standard InChI is InChI=1S/C34H37ClF2N6O/c1-21-17-24(9-11-28(21)35)43-32(39-31(40-43)30-7-5-6-14-38-30)22-12-15-41(16-13-22)33(44)27-20-42(34(2,3)4)19-26(27)25-10-8-23(36)18-29(25)37/h5-11,14,17-18,22,26-27H,12-13,15-16,19-20H2,1-4H3/t26-,27+/m0/s1.